The Bertz CT molecular complexity index is 1570. The van der Waals surface area contributed by atoms with Crippen LogP contribution < -0.4 is 15.7 Å². The molecule has 34 heavy (non-hydrogen) atoms. The van der Waals surface area contributed by atoms with Gasteiger partial charge in [-0.1, -0.05) is 49.4 Å². The number of anilines is 1. The van der Waals surface area contributed by atoms with Gasteiger partial charge in [-0.15, -0.1) is 5.10 Å². The first kappa shape index (κ1) is 21.4. The maximum absolute atomic E-state index is 13.3. The molecule has 3 aromatic carbocycles. The average Bonchev–Trinajstić information content (AvgIpc) is 3.17. The normalized spacial score (nSPS) is 11.1. The van der Waals surface area contributed by atoms with E-state index >= 15 is 0 Å². The predicted molar refractivity (Wildman–Crippen MR) is 130 cm³/mol. The van der Waals surface area contributed by atoms with E-state index < -0.39 is 5.69 Å². The fraction of sp³-hybridized carbons (Fsp3) is 0.154. The standard InChI is InChI=1S/C26H23N5O3/c1-3-18-12-14-19(15-13-18)34-25-24-29-30(16-23(32)27-20-9-5-4-8-17(20)2)26(33)31(24)22-11-7-6-10-21(22)28-25/h4-15H,3,16H2,1-2H3,(H,27,32). The van der Waals surface area contributed by atoms with Crippen LogP contribution in [-0.2, 0) is 17.8 Å². The molecule has 1 amide bonds. The van der Waals surface area contributed by atoms with Crippen molar-refractivity contribution in [2.75, 3.05) is 5.32 Å². The first-order chi connectivity index (χ1) is 16.5. The molecule has 0 saturated heterocycles. The number of carbonyl (C=O) groups excluding carboxylic acids is 1. The number of para-hydroxylation sites is 3. The van der Waals surface area contributed by atoms with Crippen molar-refractivity contribution in [3.8, 4) is 11.6 Å². The fourth-order valence-corrected chi connectivity index (χ4v) is 3.79. The second-order valence-corrected chi connectivity index (χ2v) is 7.97. The lowest BCUT2D eigenvalue weighted by atomic mass is 10.2. The van der Waals surface area contributed by atoms with Gasteiger partial charge in [-0.3, -0.25) is 4.79 Å². The molecule has 5 aromatic rings. The molecule has 0 fully saturated rings. The highest BCUT2D eigenvalue weighted by Crippen LogP contribution is 2.26. The van der Waals surface area contributed by atoms with E-state index in [1.807, 2.05) is 67.6 Å². The third kappa shape index (κ3) is 4.01. The van der Waals surface area contributed by atoms with Crippen LogP contribution in [0.1, 0.15) is 18.1 Å². The quantitative estimate of drug-likeness (QED) is 0.413. The minimum absolute atomic E-state index is 0.193. The molecule has 0 bridgehead atoms. The van der Waals surface area contributed by atoms with Crippen LogP contribution in [-0.4, -0.2) is 25.1 Å². The largest absolute Gasteiger partial charge is 0.436 e. The van der Waals surface area contributed by atoms with Gasteiger partial charge in [0.25, 0.3) is 5.88 Å². The van der Waals surface area contributed by atoms with Crippen molar-refractivity contribution in [3.63, 3.8) is 0 Å². The smallest absolute Gasteiger partial charge is 0.351 e. The van der Waals surface area contributed by atoms with Gasteiger partial charge in [0, 0.05) is 5.69 Å². The fourth-order valence-electron chi connectivity index (χ4n) is 3.79. The Labute approximate surface area is 195 Å². The van der Waals surface area contributed by atoms with Crippen molar-refractivity contribution in [2.24, 2.45) is 0 Å². The van der Waals surface area contributed by atoms with E-state index in [-0.39, 0.29) is 24.0 Å². The molecule has 170 valence electrons. The number of hydrogen-bond acceptors (Lipinski definition) is 5. The second kappa shape index (κ2) is 8.82. The summed E-state index contributed by atoms with van der Waals surface area (Å²) in [5.74, 6) is 0.425. The molecule has 0 aliphatic carbocycles. The summed E-state index contributed by atoms with van der Waals surface area (Å²) < 4.78 is 8.60. The molecule has 8 heteroatoms. The van der Waals surface area contributed by atoms with E-state index in [0.29, 0.717) is 22.5 Å². The lowest BCUT2D eigenvalue weighted by molar-refractivity contribution is -0.117. The molecular weight excluding hydrogens is 430 g/mol. The molecule has 0 radical (unpaired) electrons. The Morgan fingerprint density at radius 1 is 1.00 bits per heavy atom. The maximum Gasteiger partial charge on any atom is 0.351 e. The minimum atomic E-state index is -0.445. The highest BCUT2D eigenvalue weighted by atomic mass is 16.5. The van der Waals surface area contributed by atoms with Crippen molar-refractivity contribution < 1.29 is 9.53 Å². The van der Waals surface area contributed by atoms with E-state index in [0.717, 1.165) is 16.7 Å². The van der Waals surface area contributed by atoms with Crippen molar-refractivity contribution in [3.05, 3.63) is 94.4 Å². The summed E-state index contributed by atoms with van der Waals surface area (Å²) in [5, 5.41) is 7.25. The van der Waals surface area contributed by atoms with Gasteiger partial charge in [0.15, 0.2) is 0 Å². The van der Waals surface area contributed by atoms with E-state index in [9.17, 15) is 9.59 Å². The van der Waals surface area contributed by atoms with Crippen LogP contribution in [0.4, 0.5) is 5.69 Å². The van der Waals surface area contributed by atoms with Gasteiger partial charge in [-0.25, -0.2) is 18.9 Å². The number of amides is 1. The molecule has 0 aliphatic rings. The van der Waals surface area contributed by atoms with Crippen LogP contribution in [0.5, 0.6) is 11.6 Å². The summed E-state index contributed by atoms with van der Waals surface area (Å²) >= 11 is 0. The Morgan fingerprint density at radius 3 is 2.50 bits per heavy atom. The molecule has 0 saturated carbocycles. The molecule has 1 N–H and O–H groups in total. The summed E-state index contributed by atoms with van der Waals surface area (Å²) in [5.41, 5.74) is 3.77. The van der Waals surface area contributed by atoms with Crippen LogP contribution in [0.3, 0.4) is 0 Å². The zero-order valence-corrected chi connectivity index (χ0v) is 18.9. The molecular formula is C26H23N5O3. The third-order valence-electron chi connectivity index (χ3n) is 5.63. The van der Waals surface area contributed by atoms with E-state index in [4.69, 9.17) is 4.74 Å². The Balaban J connectivity index is 1.55. The number of nitrogens with one attached hydrogen (secondary N) is 1. The van der Waals surface area contributed by atoms with E-state index in [1.54, 1.807) is 12.1 Å². The monoisotopic (exact) mass is 453 g/mol. The number of ether oxygens (including phenoxy) is 1. The van der Waals surface area contributed by atoms with E-state index in [2.05, 4.69) is 22.3 Å². The van der Waals surface area contributed by atoms with Gasteiger partial charge in [-0.05, 0) is 54.8 Å². The van der Waals surface area contributed by atoms with Crippen LogP contribution in [0.2, 0.25) is 0 Å². The van der Waals surface area contributed by atoms with Crippen LogP contribution in [0.25, 0.3) is 16.7 Å². The van der Waals surface area contributed by atoms with Crippen molar-refractivity contribution in [1.29, 1.82) is 0 Å². The summed E-state index contributed by atoms with van der Waals surface area (Å²) in [4.78, 5) is 30.6. The summed E-state index contributed by atoms with van der Waals surface area (Å²) in [6.45, 7) is 3.74. The lowest BCUT2D eigenvalue weighted by Crippen LogP contribution is -2.28. The van der Waals surface area contributed by atoms with Crippen LogP contribution >= 0.6 is 0 Å². The predicted octanol–water partition coefficient (Wildman–Crippen LogP) is 4.35. The number of rotatable bonds is 6. The number of nitrogens with zero attached hydrogens (tertiary/aromatic N) is 4. The third-order valence-corrected chi connectivity index (χ3v) is 5.63. The zero-order chi connectivity index (χ0) is 23.7. The van der Waals surface area contributed by atoms with Crippen molar-refractivity contribution in [2.45, 2.75) is 26.8 Å². The van der Waals surface area contributed by atoms with Crippen LogP contribution in [0, 0.1) is 6.92 Å². The number of fused-ring (bicyclic) bond motifs is 3. The SMILES string of the molecule is CCc1ccc(Oc2nc3ccccc3n3c(=O)n(CC(=O)Nc4ccccc4C)nc23)cc1. The number of hydrogen-bond donors (Lipinski definition) is 1. The first-order valence-electron chi connectivity index (χ1n) is 11.0. The number of benzene rings is 3. The summed E-state index contributed by atoms with van der Waals surface area (Å²) in [6.07, 6.45) is 0.920. The van der Waals surface area contributed by atoms with Gasteiger partial charge >= 0.3 is 5.69 Å². The first-order valence-corrected chi connectivity index (χ1v) is 11.0. The molecule has 8 nitrogen and oxygen atoms in total. The van der Waals surface area contributed by atoms with Gasteiger partial charge < -0.3 is 10.1 Å². The molecule has 5 rings (SSSR count). The second-order valence-electron chi connectivity index (χ2n) is 7.97. The molecule has 0 unspecified atom stereocenters. The Morgan fingerprint density at radius 2 is 1.74 bits per heavy atom. The minimum Gasteiger partial charge on any atom is -0.436 e. The van der Waals surface area contributed by atoms with Crippen molar-refractivity contribution >= 4 is 28.3 Å². The maximum atomic E-state index is 13.3. The Hall–Kier alpha value is -4.46. The van der Waals surface area contributed by atoms with Gasteiger partial charge in [0.1, 0.15) is 12.3 Å². The number of aryl methyl sites for hydroxylation is 2. The highest BCUT2D eigenvalue weighted by Gasteiger charge is 2.19. The summed E-state index contributed by atoms with van der Waals surface area (Å²) in [7, 11) is 0. The molecule has 2 aromatic heterocycles. The van der Waals surface area contributed by atoms with Gasteiger partial charge in [0.05, 0.1) is 11.0 Å². The zero-order valence-electron chi connectivity index (χ0n) is 18.9. The molecule has 0 spiro atoms. The molecule has 0 aliphatic heterocycles. The van der Waals surface area contributed by atoms with Crippen molar-refractivity contribution in [1.82, 2.24) is 19.2 Å². The summed E-state index contributed by atoms with van der Waals surface area (Å²) in [6, 6.07) is 22.4. The Kier molecular flexibility index (Phi) is 5.55. The van der Waals surface area contributed by atoms with Gasteiger partial charge in [-0.2, -0.15) is 0 Å². The average molecular weight is 454 g/mol. The number of carbonyl (C=O) groups is 1. The molecule has 2 heterocycles. The number of aromatic nitrogens is 4. The molecule has 0 atom stereocenters. The topological polar surface area (TPSA) is 90.5 Å². The van der Waals surface area contributed by atoms with Crippen LogP contribution in [0.15, 0.2) is 77.6 Å². The lowest BCUT2D eigenvalue weighted by Gasteiger charge is -2.08. The van der Waals surface area contributed by atoms with Gasteiger partial charge in [0.2, 0.25) is 11.6 Å². The van der Waals surface area contributed by atoms with E-state index in [1.165, 1.54) is 9.96 Å². The highest BCUT2D eigenvalue weighted by molar-refractivity contribution is 5.91.